The van der Waals surface area contributed by atoms with Crippen LogP contribution in [0.15, 0.2) is 200 Å². The summed E-state index contributed by atoms with van der Waals surface area (Å²) in [6.45, 7) is -5.84. The maximum Gasteiger partial charge on any atom is 0.0716 e. The van der Waals surface area contributed by atoms with Crippen LogP contribution in [0, 0.1) is 13.7 Å². The summed E-state index contributed by atoms with van der Waals surface area (Å²) >= 11 is 0. The molecule has 0 bridgehead atoms. The molecule has 9 rings (SSSR count). The Balaban J connectivity index is 1.38. The summed E-state index contributed by atoms with van der Waals surface area (Å²) in [7, 11) is 0. The number of hydrogen-bond donors (Lipinski definition) is 0. The van der Waals surface area contributed by atoms with Crippen LogP contribution in [0.2, 0.25) is 0 Å². The van der Waals surface area contributed by atoms with E-state index in [1.165, 1.54) is 0 Å². The van der Waals surface area contributed by atoms with Gasteiger partial charge in [0.05, 0.1) is 8.16 Å². The highest BCUT2D eigenvalue weighted by Crippen LogP contribution is 2.58. The van der Waals surface area contributed by atoms with Gasteiger partial charge in [-0.15, -0.1) is 0 Å². The van der Waals surface area contributed by atoms with Crippen molar-refractivity contribution in [2.75, 3.05) is 4.90 Å². The minimum atomic E-state index is -2.93. The lowest BCUT2D eigenvalue weighted by molar-refractivity contribution is 0.761. The molecule has 0 radical (unpaired) electrons. The van der Waals surface area contributed by atoms with E-state index in [4.69, 9.17) is 8.22 Å². The summed E-state index contributed by atoms with van der Waals surface area (Å²) in [5.41, 5.74) is 7.50. The van der Waals surface area contributed by atoms with Crippen LogP contribution < -0.4 is 4.90 Å². The SMILES string of the molecule is [2H]c1c2c(c(C([2H])([2H])[2H])c([2H])c1C([2H])([2H])[2H])C(c1ccccc1)(c1ccccc1)c1ccc(N(c3ccc(-c4ccccc4)cc3)c3cccc(-c4ccccc4)c3)cc1-2. The number of rotatable bonds is 7. The standard InChI is InChI=1S/C51H39N/c1-36-32-37(2)50-48(33-36)47-35-46(30-31-49(47)51(50,42-21-11-5-12-22-42)43-23-13-6-14-24-43)52(44-28-26-40(27-29-44)38-16-7-3-8-17-38)45-25-15-20-41(34-45)39-18-9-4-10-19-39/h3-35H,1-2H3/i1D3,2D3,32D,33D. The highest BCUT2D eigenvalue weighted by molar-refractivity contribution is 5.91. The molecule has 1 aliphatic carbocycles. The van der Waals surface area contributed by atoms with Crippen molar-refractivity contribution in [1.82, 2.24) is 0 Å². The fourth-order valence-electron chi connectivity index (χ4n) is 7.93. The van der Waals surface area contributed by atoms with Gasteiger partial charge in [-0.3, -0.25) is 0 Å². The average Bonchev–Trinajstić information content (AvgIpc) is 3.55. The molecule has 8 aromatic rings. The summed E-state index contributed by atoms with van der Waals surface area (Å²) in [5, 5.41) is 0. The molecule has 0 amide bonds. The van der Waals surface area contributed by atoms with E-state index in [0.717, 1.165) is 50.4 Å². The van der Waals surface area contributed by atoms with E-state index in [1.807, 2.05) is 127 Å². The molecule has 0 saturated heterocycles. The summed E-state index contributed by atoms with van der Waals surface area (Å²) in [4.78, 5) is 2.13. The molecular weight excluding hydrogens is 627 g/mol. The van der Waals surface area contributed by atoms with Crippen molar-refractivity contribution in [3.05, 3.63) is 234 Å². The molecule has 0 aliphatic heterocycles. The van der Waals surface area contributed by atoms with Gasteiger partial charge >= 0.3 is 0 Å². The predicted octanol–water partition coefficient (Wildman–Crippen LogP) is 13.5. The zero-order valence-corrected chi connectivity index (χ0v) is 28.3. The summed E-state index contributed by atoms with van der Waals surface area (Å²) in [6, 6.07) is 60.9. The molecule has 0 N–H and O–H groups in total. The van der Waals surface area contributed by atoms with Gasteiger partial charge in [-0.1, -0.05) is 169 Å². The van der Waals surface area contributed by atoms with E-state index in [2.05, 4.69) is 65.6 Å². The van der Waals surface area contributed by atoms with Crippen LogP contribution in [0.25, 0.3) is 33.4 Å². The predicted molar refractivity (Wildman–Crippen MR) is 219 cm³/mol. The third-order valence-electron chi connectivity index (χ3n) is 10.2. The van der Waals surface area contributed by atoms with Crippen molar-refractivity contribution in [2.24, 2.45) is 0 Å². The van der Waals surface area contributed by atoms with Crippen LogP contribution in [0.5, 0.6) is 0 Å². The second kappa shape index (κ2) is 13.0. The highest BCUT2D eigenvalue weighted by atomic mass is 15.1. The Kier molecular flexibility index (Phi) is 5.98. The Morgan fingerprint density at radius 1 is 0.442 bits per heavy atom. The lowest BCUT2D eigenvalue weighted by Crippen LogP contribution is -2.29. The van der Waals surface area contributed by atoms with Crippen LogP contribution in [-0.2, 0) is 5.41 Å². The van der Waals surface area contributed by atoms with Gasteiger partial charge in [-0.2, -0.15) is 0 Å². The first kappa shape index (κ1) is 23.9. The van der Waals surface area contributed by atoms with Crippen molar-refractivity contribution in [2.45, 2.75) is 19.1 Å². The number of fused-ring (bicyclic) bond motifs is 3. The molecule has 0 saturated carbocycles. The fraction of sp³-hybridized carbons (Fsp3) is 0.0588. The smallest absolute Gasteiger partial charge is 0.0716 e. The molecule has 248 valence electrons. The summed E-state index contributed by atoms with van der Waals surface area (Å²) < 4.78 is 71.4. The largest absolute Gasteiger partial charge is 0.310 e. The van der Waals surface area contributed by atoms with E-state index in [0.29, 0.717) is 11.1 Å². The monoisotopic (exact) mass is 673 g/mol. The van der Waals surface area contributed by atoms with Crippen LogP contribution in [-0.4, -0.2) is 0 Å². The minimum Gasteiger partial charge on any atom is -0.310 e. The van der Waals surface area contributed by atoms with Crippen LogP contribution in [0.3, 0.4) is 0 Å². The zero-order chi connectivity index (χ0) is 41.8. The van der Waals surface area contributed by atoms with Gasteiger partial charge in [0.2, 0.25) is 0 Å². The van der Waals surface area contributed by atoms with Crippen molar-refractivity contribution < 1.29 is 11.0 Å². The molecule has 8 aromatic carbocycles. The minimum absolute atomic E-state index is 0.199. The van der Waals surface area contributed by atoms with Gasteiger partial charge in [-0.05, 0) is 111 Å². The Morgan fingerprint density at radius 2 is 0.981 bits per heavy atom. The van der Waals surface area contributed by atoms with Gasteiger partial charge in [0.1, 0.15) is 0 Å². The third-order valence-corrected chi connectivity index (χ3v) is 10.2. The van der Waals surface area contributed by atoms with E-state index in [1.54, 1.807) is 0 Å². The molecule has 0 aromatic heterocycles. The van der Waals surface area contributed by atoms with Crippen molar-refractivity contribution in [3.63, 3.8) is 0 Å². The second-order valence-corrected chi connectivity index (χ2v) is 13.1. The quantitative estimate of drug-likeness (QED) is 0.163. The number of benzene rings is 8. The van der Waals surface area contributed by atoms with E-state index in [9.17, 15) is 2.74 Å². The van der Waals surface area contributed by atoms with E-state index < -0.39 is 30.7 Å². The Hall–Kier alpha value is -6.44. The Bertz CT molecular complexity index is 2800. The Morgan fingerprint density at radius 3 is 1.60 bits per heavy atom. The third kappa shape index (κ3) is 5.25. The molecule has 0 unspecified atom stereocenters. The molecular formula is C51H39N. The van der Waals surface area contributed by atoms with Crippen LogP contribution in [0.4, 0.5) is 17.1 Å². The van der Waals surface area contributed by atoms with Crippen LogP contribution >= 0.6 is 0 Å². The number of nitrogens with zero attached hydrogens (tertiary/aromatic N) is 1. The molecule has 0 heterocycles. The van der Waals surface area contributed by atoms with Gasteiger partial charge in [0, 0.05) is 25.3 Å². The van der Waals surface area contributed by atoms with Gasteiger partial charge < -0.3 is 4.90 Å². The van der Waals surface area contributed by atoms with Crippen molar-refractivity contribution in [3.8, 4) is 33.4 Å². The molecule has 1 heteroatoms. The molecule has 52 heavy (non-hydrogen) atoms. The van der Waals surface area contributed by atoms with Gasteiger partial charge in [-0.25, -0.2) is 0 Å². The van der Waals surface area contributed by atoms with E-state index in [-0.39, 0.29) is 22.7 Å². The highest BCUT2D eigenvalue weighted by Gasteiger charge is 2.47. The number of hydrogen-bond acceptors (Lipinski definition) is 1. The fourth-order valence-corrected chi connectivity index (χ4v) is 7.93. The molecule has 0 spiro atoms. The van der Waals surface area contributed by atoms with Crippen molar-refractivity contribution >= 4 is 17.1 Å². The first-order chi connectivity index (χ1) is 28.9. The lowest BCUT2D eigenvalue weighted by Gasteiger charge is -2.35. The molecule has 0 fully saturated rings. The number of anilines is 3. The normalized spacial score (nSPS) is 15.3. The maximum absolute atomic E-state index is 9.71. The molecule has 1 nitrogen and oxygen atoms in total. The van der Waals surface area contributed by atoms with Crippen molar-refractivity contribution in [1.29, 1.82) is 0 Å². The average molecular weight is 674 g/mol. The van der Waals surface area contributed by atoms with Crippen LogP contribution in [0.1, 0.15) is 44.3 Å². The maximum atomic E-state index is 9.71. The summed E-state index contributed by atoms with van der Waals surface area (Å²) in [6.07, 6.45) is 0. The second-order valence-electron chi connectivity index (χ2n) is 13.1. The zero-order valence-electron chi connectivity index (χ0n) is 36.3. The van der Waals surface area contributed by atoms with Gasteiger partial charge in [0.25, 0.3) is 0 Å². The topological polar surface area (TPSA) is 3.24 Å². The molecule has 0 atom stereocenters. The molecule has 1 aliphatic rings. The van der Waals surface area contributed by atoms with Gasteiger partial charge in [0.15, 0.2) is 0 Å². The first-order valence-electron chi connectivity index (χ1n) is 21.4. The first-order valence-corrected chi connectivity index (χ1v) is 17.4. The Labute approximate surface area is 318 Å². The lowest BCUT2D eigenvalue weighted by atomic mass is 9.66. The van der Waals surface area contributed by atoms with E-state index >= 15 is 0 Å². The summed E-state index contributed by atoms with van der Waals surface area (Å²) in [5.74, 6) is 0.